The van der Waals surface area contributed by atoms with Crippen molar-refractivity contribution in [2.75, 3.05) is 10.6 Å². The third-order valence-electron chi connectivity index (χ3n) is 4.36. The van der Waals surface area contributed by atoms with Gasteiger partial charge in [-0.2, -0.15) is 0 Å². The number of amides is 1. The van der Waals surface area contributed by atoms with Crippen LogP contribution in [0.25, 0.3) is 0 Å². The third-order valence-corrected chi connectivity index (χ3v) is 4.36. The number of anilines is 2. The Balaban J connectivity index is 1.81. The van der Waals surface area contributed by atoms with Crippen molar-refractivity contribution in [2.24, 2.45) is 0 Å². The predicted octanol–water partition coefficient (Wildman–Crippen LogP) is 3.42. The van der Waals surface area contributed by atoms with Crippen LogP contribution >= 0.6 is 0 Å². The number of nitrogens with two attached hydrogens (primary N) is 1. The summed E-state index contributed by atoms with van der Waals surface area (Å²) in [5.41, 5.74) is 11.2. The molecule has 4 nitrogen and oxygen atoms in total. The second kappa shape index (κ2) is 5.81. The van der Waals surface area contributed by atoms with Gasteiger partial charge in [0, 0.05) is 35.2 Å². The second-order valence-electron chi connectivity index (χ2n) is 5.93. The molecular formula is C20H17N3O. The number of benzene rings is 2. The number of nitrogen functional groups attached to an aromatic ring is 1. The molecule has 0 bridgehead atoms. The highest BCUT2D eigenvalue weighted by molar-refractivity contribution is 6.06. The van der Waals surface area contributed by atoms with Gasteiger partial charge in [0.25, 0.3) is 5.91 Å². The summed E-state index contributed by atoms with van der Waals surface area (Å²) < 4.78 is 0. The first-order chi connectivity index (χ1) is 11.7. The van der Waals surface area contributed by atoms with Crippen molar-refractivity contribution in [1.29, 1.82) is 0 Å². The van der Waals surface area contributed by atoms with E-state index in [1.165, 1.54) is 0 Å². The molecule has 0 fully saturated rings. The number of nitrogens with zero attached hydrogens (tertiary/aromatic N) is 2. The fourth-order valence-corrected chi connectivity index (χ4v) is 3.10. The number of hydrogen-bond donors (Lipinski definition) is 1. The van der Waals surface area contributed by atoms with E-state index in [0.717, 1.165) is 28.9 Å². The van der Waals surface area contributed by atoms with E-state index in [-0.39, 0.29) is 5.91 Å². The highest BCUT2D eigenvalue weighted by atomic mass is 16.2. The van der Waals surface area contributed by atoms with Gasteiger partial charge < -0.3 is 10.6 Å². The highest BCUT2D eigenvalue weighted by Crippen LogP contribution is 2.30. The molecule has 24 heavy (non-hydrogen) atoms. The maximum absolute atomic E-state index is 13.1. The maximum Gasteiger partial charge on any atom is 0.258 e. The van der Waals surface area contributed by atoms with E-state index in [2.05, 4.69) is 11.1 Å². The van der Waals surface area contributed by atoms with Gasteiger partial charge in [0.2, 0.25) is 0 Å². The smallest absolute Gasteiger partial charge is 0.258 e. The van der Waals surface area contributed by atoms with Crippen LogP contribution in [0, 0.1) is 0 Å². The summed E-state index contributed by atoms with van der Waals surface area (Å²) in [6, 6.07) is 19.0. The van der Waals surface area contributed by atoms with Gasteiger partial charge in [-0.25, -0.2) is 0 Å². The molecule has 0 aliphatic carbocycles. The molecule has 0 saturated carbocycles. The first-order valence-electron chi connectivity index (χ1n) is 7.90. The normalized spacial score (nSPS) is 12.9. The van der Waals surface area contributed by atoms with Crippen molar-refractivity contribution in [3.05, 3.63) is 89.2 Å². The molecule has 1 aliphatic rings. The first-order valence-corrected chi connectivity index (χ1v) is 7.90. The van der Waals surface area contributed by atoms with Gasteiger partial charge in [-0.1, -0.05) is 24.3 Å². The molecule has 3 aromatic rings. The van der Waals surface area contributed by atoms with Gasteiger partial charge in [0.15, 0.2) is 0 Å². The molecule has 2 aromatic carbocycles. The second-order valence-corrected chi connectivity index (χ2v) is 5.93. The first kappa shape index (κ1) is 14.5. The minimum Gasteiger partial charge on any atom is -0.399 e. The fourth-order valence-electron chi connectivity index (χ4n) is 3.10. The molecule has 118 valence electrons. The molecule has 2 N–H and O–H groups in total. The van der Waals surface area contributed by atoms with Crippen LogP contribution in [0.15, 0.2) is 66.9 Å². The summed E-state index contributed by atoms with van der Waals surface area (Å²) in [4.78, 5) is 19.4. The minimum atomic E-state index is -0.0286. The van der Waals surface area contributed by atoms with Crippen LogP contribution in [0.2, 0.25) is 0 Å². The lowest BCUT2D eigenvalue weighted by molar-refractivity contribution is 0.0985. The lowest BCUT2D eigenvalue weighted by Gasteiger charge is -2.23. The molecule has 0 saturated heterocycles. The molecule has 1 aromatic heterocycles. The fraction of sp³-hybridized carbons (Fsp3) is 0.100. The summed E-state index contributed by atoms with van der Waals surface area (Å²) in [6.07, 6.45) is 2.54. The number of rotatable bonds is 1. The van der Waals surface area contributed by atoms with E-state index in [1.54, 1.807) is 30.5 Å². The van der Waals surface area contributed by atoms with Crippen LogP contribution in [0.1, 0.15) is 27.2 Å². The van der Waals surface area contributed by atoms with Gasteiger partial charge in [-0.05, 0) is 47.5 Å². The van der Waals surface area contributed by atoms with Gasteiger partial charge in [-0.15, -0.1) is 0 Å². The maximum atomic E-state index is 13.1. The number of para-hydroxylation sites is 1. The largest absolute Gasteiger partial charge is 0.399 e. The summed E-state index contributed by atoms with van der Waals surface area (Å²) in [7, 11) is 0. The number of fused-ring (bicyclic) bond motifs is 2. The van der Waals surface area contributed by atoms with E-state index >= 15 is 0 Å². The molecule has 0 radical (unpaired) electrons. The van der Waals surface area contributed by atoms with E-state index in [4.69, 9.17) is 5.73 Å². The van der Waals surface area contributed by atoms with Crippen LogP contribution in [-0.4, -0.2) is 10.9 Å². The summed E-state index contributed by atoms with van der Waals surface area (Å²) in [6.45, 7) is 0.517. The quantitative estimate of drug-likeness (QED) is 0.700. The SMILES string of the molecule is Nc1ccc(C(=O)N2Cc3cccnc3Cc3ccccc32)cc1. The average Bonchev–Trinajstić information content (AvgIpc) is 2.78. The molecule has 4 heteroatoms. The molecule has 1 amide bonds. The monoisotopic (exact) mass is 315 g/mol. The number of hydrogen-bond acceptors (Lipinski definition) is 3. The highest BCUT2D eigenvalue weighted by Gasteiger charge is 2.25. The predicted molar refractivity (Wildman–Crippen MR) is 94.9 cm³/mol. The Morgan fingerprint density at radius 2 is 1.71 bits per heavy atom. The Kier molecular flexibility index (Phi) is 3.50. The lowest BCUT2D eigenvalue weighted by atomic mass is 10.1. The van der Waals surface area contributed by atoms with Crippen LogP contribution in [0.5, 0.6) is 0 Å². The van der Waals surface area contributed by atoms with Crippen LogP contribution in [-0.2, 0) is 13.0 Å². The van der Waals surface area contributed by atoms with Crippen molar-refractivity contribution >= 4 is 17.3 Å². The number of carbonyl (C=O) groups excluding carboxylic acids is 1. The van der Waals surface area contributed by atoms with Crippen molar-refractivity contribution in [2.45, 2.75) is 13.0 Å². The zero-order chi connectivity index (χ0) is 16.5. The van der Waals surface area contributed by atoms with E-state index in [1.807, 2.05) is 35.2 Å². The molecule has 1 aliphatic heterocycles. The molecule has 2 heterocycles. The Labute approximate surface area is 140 Å². The van der Waals surface area contributed by atoms with Crippen molar-refractivity contribution < 1.29 is 4.79 Å². The summed E-state index contributed by atoms with van der Waals surface area (Å²) in [5, 5.41) is 0. The van der Waals surface area contributed by atoms with Crippen LogP contribution in [0.4, 0.5) is 11.4 Å². The topological polar surface area (TPSA) is 59.2 Å². The Morgan fingerprint density at radius 3 is 2.54 bits per heavy atom. The Bertz CT molecular complexity index is 903. The molecule has 0 atom stereocenters. The van der Waals surface area contributed by atoms with Crippen LogP contribution in [0.3, 0.4) is 0 Å². The minimum absolute atomic E-state index is 0.0286. The zero-order valence-corrected chi connectivity index (χ0v) is 13.1. The van der Waals surface area contributed by atoms with Gasteiger partial charge in [0.1, 0.15) is 0 Å². The Morgan fingerprint density at radius 1 is 0.958 bits per heavy atom. The van der Waals surface area contributed by atoms with Crippen molar-refractivity contribution in [3.8, 4) is 0 Å². The number of aromatic nitrogens is 1. The summed E-state index contributed by atoms with van der Waals surface area (Å²) >= 11 is 0. The zero-order valence-electron chi connectivity index (χ0n) is 13.1. The number of pyridine rings is 1. The van der Waals surface area contributed by atoms with E-state index in [9.17, 15) is 4.79 Å². The molecular weight excluding hydrogens is 298 g/mol. The third kappa shape index (κ3) is 2.52. The van der Waals surface area contributed by atoms with Crippen molar-refractivity contribution in [1.82, 2.24) is 4.98 Å². The molecule has 0 spiro atoms. The Hall–Kier alpha value is -3.14. The van der Waals surface area contributed by atoms with E-state index < -0.39 is 0 Å². The van der Waals surface area contributed by atoms with Gasteiger partial charge >= 0.3 is 0 Å². The van der Waals surface area contributed by atoms with Crippen LogP contribution < -0.4 is 10.6 Å². The standard InChI is InChI=1S/C20H17N3O/c21-17-9-7-14(8-10-17)20(24)23-13-16-5-3-11-22-18(16)12-15-4-1-2-6-19(15)23/h1-11H,12-13,21H2. The van der Waals surface area contributed by atoms with E-state index in [0.29, 0.717) is 17.8 Å². The number of carbonyl (C=O) groups is 1. The summed E-state index contributed by atoms with van der Waals surface area (Å²) in [5.74, 6) is -0.0286. The lowest BCUT2D eigenvalue weighted by Crippen LogP contribution is -2.30. The van der Waals surface area contributed by atoms with Gasteiger partial charge in [-0.3, -0.25) is 9.78 Å². The van der Waals surface area contributed by atoms with Gasteiger partial charge in [0.05, 0.1) is 6.54 Å². The molecule has 0 unspecified atom stereocenters. The molecule has 4 rings (SSSR count). The average molecular weight is 315 g/mol. The van der Waals surface area contributed by atoms with Crippen molar-refractivity contribution in [3.63, 3.8) is 0 Å².